The normalized spacial score (nSPS) is 12.4. The van der Waals surface area contributed by atoms with Gasteiger partial charge >= 0.3 is 6.18 Å². The Kier molecular flexibility index (Phi) is 5.30. The number of halogens is 3. The Labute approximate surface area is 180 Å². The summed E-state index contributed by atoms with van der Waals surface area (Å²) in [7, 11) is -3.63. The molecule has 0 saturated carbocycles. The molecule has 0 N–H and O–H groups in total. The lowest BCUT2D eigenvalue weighted by Crippen LogP contribution is -2.06. The Bertz CT molecular complexity index is 1380. The molecule has 0 bridgehead atoms. The highest BCUT2D eigenvalue weighted by atomic mass is 32.2. The van der Waals surface area contributed by atoms with Gasteiger partial charge in [0.2, 0.25) is 0 Å². The fraction of sp³-hybridized carbons (Fsp3) is 0.190. The molecule has 0 amide bonds. The van der Waals surface area contributed by atoms with Crippen LogP contribution >= 0.6 is 11.3 Å². The number of fused-ring (bicyclic) bond motifs is 1. The van der Waals surface area contributed by atoms with Gasteiger partial charge in [-0.25, -0.2) is 23.4 Å². The number of aromatic nitrogens is 3. The van der Waals surface area contributed by atoms with Crippen LogP contribution in [0.2, 0.25) is 0 Å². The number of thiazole rings is 1. The standard InChI is InChI=1S/C21H16F3N3O2S2/c1-12-9-14(21(22,23)24)3-5-16(12)20-17-6-4-15(10-18(17)26-13(2)27-20)31(28,29)11-19-25-7-8-30-19/h3-10H,11H2,1-2H3. The third-order valence-corrected chi connectivity index (χ3v) is 7.33. The van der Waals surface area contributed by atoms with Crippen LogP contribution in [-0.2, 0) is 21.8 Å². The van der Waals surface area contributed by atoms with Crippen LogP contribution in [0.5, 0.6) is 0 Å². The third kappa shape index (κ3) is 4.31. The average Bonchev–Trinajstić information content (AvgIpc) is 3.18. The van der Waals surface area contributed by atoms with Gasteiger partial charge < -0.3 is 0 Å². The number of hydrogen-bond acceptors (Lipinski definition) is 6. The fourth-order valence-electron chi connectivity index (χ4n) is 3.30. The summed E-state index contributed by atoms with van der Waals surface area (Å²) in [6.07, 6.45) is -2.89. The van der Waals surface area contributed by atoms with E-state index in [4.69, 9.17) is 0 Å². The predicted molar refractivity (Wildman–Crippen MR) is 112 cm³/mol. The molecule has 0 aliphatic carbocycles. The van der Waals surface area contributed by atoms with Crippen LogP contribution in [0, 0.1) is 13.8 Å². The van der Waals surface area contributed by atoms with Crippen molar-refractivity contribution in [3.05, 3.63) is 69.9 Å². The maximum atomic E-state index is 13.0. The van der Waals surface area contributed by atoms with E-state index in [-0.39, 0.29) is 10.6 Å². The number of sulfone groups is 1. The molecule has 2 aromatic heterocycles. The molecule has 0 spiro atoms. The summed E-state index contributed by atoms with van der Waals surface area (Å²) in [5.41, 5.74) is 1.07. The molecular weight excluding hydrogens is 447 g/mol. The van der Waals surface area contributed by atoms with Gasteiger partial charge in [0.15, 0.2) is 9.84 Å². The van der Waals surface area contributed by atoms with Gasteiger partial charge in [0, 0.05) is 22.5 Å². The van der Waals surface area contributed by atoms with Crippen molar-refractivity contribution in [3.8, 4) is 11.3 Å². The van der Waals surface area contributed by atoms with Crippen molar-refractivity contribution in [1.29, 1.82) is 0 Å². The predicted octanol–water partition coefficient (Wildman–Crippen LogP) is 5.36. The molecule has 4 rings (SSSR count). The Morgan fingerprint density at radius 2 is 1.81 bits per heavy atom. The highest BCUT2D eigenvalue weighted by molar-refractivity contribution is 7.90. The first kappa shape index (κ1) is 21.4. The highest BCUT2D eigenvalue weighted by Gasteiger charge is 2.31. The van der Waals surface area contributed by atoms with Crippen molar-refractivity contribution in [2.24, 2.45) is 0 Å². The largest absolute Gasteiger partial charge is 0.416 e. The lowest BCUT2D eigenvalue weighted by molar-refractivity contribution is -0.137. The Morgan fingerprint density at radius 3 is 2.45 bits per heavy atom. The van der Waals surface area contributed by atoms with Crippen molar-refractivity contribution in [1.82, 2.24) is 15.0 Å². The van der Waals surface area contributed by atoms with Crippen LogP contribution in [0.3, 0.4) is 0 Å². The van der Waals surface area contributed by atoms with Crippen LogP contribution < -0.4 is 0 Å². The van der Waals surface area contributed by atoms with Gasteiger partial charge in [0.05, 0.1) is 21.7 Å². The summed E-state index contributed by atoms with van der Waals surface area (Å²) in [6.45, 7) is 3.24. The second-order valence-electron chi connectivity index (χ2n) is 7.01. The summed E-state index contributed by atoms with van der Waals surface area (Å²) in [4.78, 5) is 12.9. The summed E-state index contributed by atoms with van der Waals surface area (Å²) in [5, 5.41) is 2.75. The zero-order valence-corrected chi connectivity index (χ0v) is 18.1. The second-order valence-corrected chi connectivity index (χ2v) is 9.98. The molecule has 160 valence electrons. The molecule has 0 saturated heterocycles. The summed E-state index contributed by atoms with van der Waals surface area (Å²) in [6, 6.07) is 8.00. The van der Waals surface area contributed by atoms with E-state index in [2.05, 4.69) is 15.0 Å². The Hall–Kier alpha value is -2.85. The molecule has 4 aromatic rings. The number of alkyl halides is 3. The minimum Gasteiger partial charge on any atom is -0.249 e. The molecule has 2 aromatic carbocycles. The van der Waals surface area contributed by atoms with Gasteiger partial charge in [0.1, 0.15) is 16.6 Å². The molecule has 5 nitrogen and oxygen atoms in total. The molecule has 10 heteroatoms. The SMILES string of the molecule is Cc1nc(-c2ccc(C(F)(F)F)cc2C)c2ccc(S(=O)(=O)Cc3nccs3)cc2n1. The molecular formula is C21H16F3N3O2S2. The Balaban J connectivity index is 1.82. The van der Waals surface area contributed by atoms with E-state index in [9.17, 15) is 21.6 Å². The quantitative estimate of drug-likeness (QED) is 0.407. The van der Waals surface area contributed by atoms with Crippen LogP contribution in [-0.4, -0.2) is 23.4 Å². The van der Waals surface area contributed by atoms with E-state index in [1.165, 1.54) is 29.5 Å². The summed E-state index contributed by atoms with van der Waals surface area (Å²) in [5.74, 6) is 0.168. The van der Waals surface area contributed by atoms with E-state index in [1.807, 2.05) is 0 Å². The van der Waals surface area contributed by atoms with Crippen molar-refractivity contribution in [2.75, 3.05) is 0 Å². The maximum Gasteiger partial charge on any atom is 0.416 e. The van der Waals surface area contributed by atoms with Gasteiger partial charge in [0.25, 0.3) is 0 Å². The van der Waals surface area contributed by atoms with Gasteiger partial charge in [-0.1, -0.05) is 6.07 Å². The molecule has 0 radical (unpaired) electrons. The van der Waals surface area contributed by atoms with E-state index < -0.39 is 21.6 Å². The lowest BCUT2D eigenvalue weighted by atomic mass is 9.99. The van der Waals surface area contributed by atoms with E-state index >= 15 is 0 Å². The molecule has 0 unspecified atom stereocenters. The monoisotopic (exact) mass is 463 g/mol. The Morgan fingerprint density at radius 1 is 1.03 bits per heavy atom. The highest BCUT2D eigenvalue weighted by Crippen LogP contribution is 2.35. The number of rotatable bonds is 4. The topological polar surface area (TPSA) is 72.8 Å². The first-order chi connectivity index (χ1) is 14.5. The number of nitrogens with zero attached hydrogens (tertiary/aromatic N) is 3. The van der Waals surface area contributed by atoms with Gasteiger partial charge in [-0.2, -0.15) is 13.2 Å². The zero-order valence-electron chi connectivity index (χ0n) is 16.4. The molecule has 0 aliphatic heterocycles. The van der Waals surface area contributed by atoms with Crippen LogP contribution in [0.1, 0.15) is 22.0 Å². The van der Waals surface area contributed by atoms with Gasteiger partial charge in [-0.05, 0) is 49.7 Å². The zero-order chi connectivity index (χ0) is 22.4. The lowest BCUT2D eigenvalue weighted by Gasteiger charge is -2.13. The smallest absolute Gasteiger partial charge is 0.249 e. The number of hydrogen-bond donors (Lipinski definition) is 0. The molecule has 0 fully saturated rings. The van der Waals surface area contributed by atoms with Crippen molar-refractivity contribution >= 4 is 32.1 Å². The van der Waals surface area contributed by atoms with E-state index in [1.54, 1.807) is 31.5 Å². The molecule has 2 heterocycles. The third-order valence-electron chi connectivity index (χ3n) is 4.75. The first-order valence-corrected chi connectivity index (χ1v) is 11.7. The van der Waals surface area contributed by atoms with Crippen LogP contribution in [0.25, 0.3) is 22.2 Å². The summed E-state index contributed by atoms with van der Waals surface area (Å²) < 4.78 is 64.6. The van der Waals surface area contributed by atoms with E-state index in [0.717, 1.165) is 12.1 Å². The van der Waals surface area contributed by atoms with Crippen molar-refractivity contribution < 1.29 is 21.6 Å². The van der Waals surface area contributed by atoms with E-state index in [0.29, 0.717) is 38.6 Å². The molecule has 31 heavy (non-hydrogen) atoms. The minimum atomic E-state index is -4.44. The minimum absolute atomic E-state index is 0.100. The fourth-order valence-corrected chi connectivity index (χ4v) is 5.57. The number of aryl methyl sites for hydroxylation is 2. The second kappa shape index (κ2) is 7.69. The van der Waals surface area contributed by atoms with Crippen molar-refractivity contribution in [2.45, 2.75) is 30.7 Å². The van der Waals surface area contributed by atoms with Crippen LogP contribution in [0.4, 0.5) is 13.2 Å². The summed E-state index contributed by atoms with van der Waals surface area (Å²) >= 11 is 1.26. The van der Waals surface area contributed by atoms with Crippen LogP contribution in [0.15, 0.2) is 52.9 Å². The number of benzene rings is 2. The average molecular weight is 464 g/mol. The van der Waals surface area contributed by atoms with Crippen molar-refractivity contribution in [3.63, 3.8) is 0 Å². The van der Waals surface area contributed by atoms with Gasteiger partial charge in [-0.15, -0.1) is 11.3 Å². The first-order valence-electron chi connectivity index (χ1n) is 9.12. The maximum absolute atomic E-state index is 13.0. The van der Waals surface area contributed by atoms with Gasteiger partial charge in [-0.3, -0.25) is 0 Å². The molecule has 0 atom stereocenters. The molecule has 0 aliphatic rings.